The number of rotatable bonds is 8. The van der Waals surface area contributed by atoms with Crippen LogP contribution in [0.3, 0.4) is 0 Å². The fourth-order valence-electron chi connectivity index (χ4n) is 4.78. The van der Waals surface area contributed by atoms with E-state index in [4.69, 9.17) is 4.74 Å². The standard InChI is InChI=1S/C26H37N5O4S/c1-7-22-30-23(25(32)29-15-17-8-10-19(11-9-17)36(6,33)34)20(14-27)31(22)24-21(35-5)12-18(16-28-24)13-26(2,3)4/h12,16-17,19H,7-11,13,15H2,1-6H3,(H,29,32). The molecule has 1 amide bonds. The first-order valence-corrected chi connectivity index (χ1v) is 14.4. The van der Waals surface area contributed by atoms with Gasteiger partial charge in [-0.25, -0.2) is 18.4 Å². The average molecular weight is 516 g/mol. The minimum absolute atomic E-state index is 0.0572. The van der Waals surface area contributed by atoms with Gasteiger partial charge in [0.2, 0.25) is 0 Å². The number of nitrogens with one attached hydrogen (secondary N) is 1. The van der Waals surface area contributed by atoms with Crippen molar-refractivity contribution in [1.29, 1.82) is 5.26 Å². The number of amides is 1. The number of hydrogen-bond acceptors (Lipinski definition) is 7. The zero-order chi connectivity index (χ0) is 26.7. The molecule has 0 spiro atoms. The van der Waals surface area contributed by atoms with Crippen molar-refractivity contribution >= 4 is 15.7 Å². The van der Waals surface area contributed by atoms with Gasteiger partial charge in [-0.2, -0.15) is 5.26 Å². The molecule has 0 aliphatic heterocycles. The minimum atomic E-state index is -3.03. The van der Waals surface area contributed by atoms with E-state index in [1.54, 1.807) is 17.9 Å². The van der Waals surface area contributed by atoms with Gasteiger partial charge < -0.3 is 10.1 Å². The highest BCUT2D eigenvalue weighted by Crippen LogP contribution is 2.30. The Morgan fingerprint density at radius 2 is 1.94 bits per heavy atom. The second-order valence-electron chi connectivity index (χ2n) is 10.8. The van der Waals surface area contributed by atoms with E-state index >= 15 is 0 Å². The average Bonchev–Trinajstić information content (AvgIpc) is 3.19. The molecule has 2 heterocycles. The maximum Gasteiger partial charge on any atom is 0.272 e. The number of carbonyl (C=O) groups is 1. The first kappa shape index (κ1) is 27.7. The molecule has 1 fully saturated rings. The van der Waals surface area contributed by atoms with Crippen LogP contribution in [-0.4, -0.2) is 54.0 Å². The van der Waals surface area contributed by atoms with Gasteiger partial charge in [0.25, 0.3) is 5.91 Å². The lowest BCUT2D eigenvalue weighted by atomic mass is 9.89. The second-order valence-corrected chi connectivity index (χ2v) is 13.1. The fourth-order valence-corrected chi connectivity index (χ4v) is 5.91. The SMILES string of the molecule is CCc1nc(C(=O)NCC2CCC(S(C)(=O)=O)CC2)c(C#N)n1-c1ncc(CC(C)(C)C)cc1OC. The molecule has 1 N–H and O–H groups in total. The van der Waals surface area contributed by atoms with Gasteiger partial charge in [0, 0.05) is 25.4 Å². The van der Waals surface area contributed by atoms with Crippen LogP contribution >= 0.6 is 0 Å². The Morgan fingerprint density at radius 3 is 2.47 bits per heavy atom. The summed E-state index contributed by atoms with van der Waals surface area (Å²) in [4.78, 5) is 22.2. The fraction of sp³-hybridized carbons (Fsp3) is 0.615. The van der Waals surface area contributed by atoms with Crippen molar-refractivity contribution in [2.45, 2.75) is 71.5 Å². The predicted octanol–water partition coefficient (Wildman–Crippen LogP) is 3.63. The quantitative estimate of drug-likeness (QED) is 0.569. The van der Waals surface area contributed by atoms with Crippen LogP contribution in [-0.2, 0) is 22.7 Å². The third-order valence-electron chi connectivity index (χ3n) is 6.59. The van der Waals surface area contributed by atoms with Crippen molar-refractivity contribution < 1.29 is 17.9 Å². The number of methoxy groups -OCH3 is 1. The van der Waals surface area contributed by atoms with Crippen molar-refractivity contribution in [3.8, 4) is 17.6 Å². The number of ether oxygens (including phenoxy) is 1. The summed E-state index contributed by atoms with van der Waals surface area (Å²) < 4.78 is 30.8. The molecule has 0 aromatic carbocycles. The highest BCUT2D eigenvalue weighted by Gasteiger charge is 2.29. The van der Waals surface area contributed by atoms with Gasteiger partial charge in [0.15, 0.2) is 23.0 Å². The summed E-state index contributed by atoms with van der Waals surface area (Å²) in [5.41, 5.74) is 1.26. The number of pyridine rings is 1. The number of hydrogen-bond donors (Lipinski definition) is 1. The Morgan fingerprint density at radius 1 is 1.28 bits per heavy atom. The minimum Gasteiger partial charge on any atom is -0.493 e. The molecule has 2 aromatic rings. The van der Waals surface area contributed by atoms with E-state index in [0.717, 1.165) is 24.8 Å². The van der Waals surface area contributed by atoms with E-state index in [9.17, 15) is 18.5 Å². The van der Waals surface area contributed by atoms with Crippen LogP contribution in [0.1, 0.15) is 80.9 Å². The summed E-state index contributed by atoms with van der Waals surface area (Å²) in [6.07, 6.45) is 7.04. The molecule has 2 aromatic heterocycles. The predicted molar refractivity (Wildman–Crippen MR) is 138 cm³/mol. The van der Waals surface area contributed by atoms with Gasteiger partial charge >= 0.3 is 0 Å². The number of aromatic nitrogens is 3. The van der Waals surface area contributed by atoms with Gasteiger partial charge in [-0.1, -0.05) is 27.7 Å². The van der Waals surface area contributed by atoms with Gasteiger partial charge in [-0.15, -0.1) is 0 Å². The molecule has 0 saturated heterocycles. The lowest BCUT2D eigenvalue weighted by Gasteiger charge is -2.27. The molecule has 0 bridgehead atoms. The van der Waals surface area contributed by atoms with Crippen LogP contribution in [0.4, 0.5) is 0 Å². The van der Waals surface area contributed by atoms with Crippen LogP contribution in [0, 0.1) is 22.7 Å². The summed E-state index contributed by atoms with van der Waals surface area (Å²) in [6, 6.07) is 4.06. The van der Waals surface area contributed by atoms with Crippen molar-refractivity contribution in [3.05, 3.63) is 35.0 Å². The van der Waals surface area contributed by atoms with Gasteiger partial charge in [-0.05, 0) is 55.1 Å². The molecule has 0 radical (unpaired) electrons. The molecule has 1 aliphatic rings. The molecule has 1 saturated carbocycles. The van der Waals surface area contributed by atoms with Crippen LogP contribution < -0.4 is 10.1 Å². The molecule has 1 aliphatic carbocycles. The lowest BCUT2D eigenvalue weighted by Crippen LogP contribution is -2.34. The highest BCUT2D eigenvalue weighted by molar-refractivity contribution is 7.91. The van der Waals surface area contributed by atoms with E-state index < -0.39 is 15.7 Å². The Bertz CT molecular complexity index is 1250. The highest BCUT2D eigenvalue weighted by atomic mass is 32.2. The van der Waals surface area contributed by atoms with E-state index in [0.29, 0.717) is 43.2 Å². The maximum absolute atomic E-state index is 13.1. The summed E-state index contributed by atoms with van der Waals surface area (Å²) >= 11 is 0. The number of sulfone groups is 1. The van der Waals surface area contributed by atoms with Crippen LogP contribution in [0.25, 0.3) is 5.82 Å². The molecule has 9 nitrogen and oxygen atoms in total. The van der Waals surface area contributed by atoms with Gasteiger partial charge in [-0.3, -0.25) is 9.36 Å². The molecular formula is C26H37N5O4S. The van der Waals surface area contributed by atoms with Crippen LogP contribution in [0.15, 0.2) is 12.3 Å². The van der Waals surface area contributed by atoms with Crippen LogP contribution in [0.5, 0.6) is 5.75 Å². The molecule has 196 valence electrons. The number of carbonyl (C=O) groups excluding carboxylic acids is 1. The van der Waals surface area contributed by atoms with Crippen molar-refractivity contribution in [2.24, 2.45) is 11.3 Å². The molecule has 10 heteroatoms. The number of nitriles is 1. The van der Waals surface area contributed by atoms with Crippen molar-refractivity contribution in [3.63, 3.8) is 0 Å². The smallest absolute Gasteiger partial charge is 0.272 e. The third-order valence-corrected chi connectivity index (χ3v) is 8.27. The Kier molecular flexibility index (Phi) is 8.44. The molecule has 0 atom stereocenters. The largest absolute Gasteiger partial charge is 0.493 e. The first-order valence-electron chi connectivity index (χ1n) is 12.4. The second kappa shape index (κ2) is 11.0. The van der Waals surface area contributed by atoms with E-state index in [-0.39, 0.29) is 28.0 Å². The Balaban J connectivity index is 1.84. The van der Waals surface area contributed by atoms with Gasteiger partial charge in [0.1, 0.15) is 21.7 Å². The topological polar surface area (TPSA) is 127 Å². The van der Waals surface area contributed by atoms with Crippen LogP contribution in [0.2, 0.25) is 0 Å². The number of nitrogens with zero attached hydrogens (tertiary/aromatic N) is 4. The van der Waals surface area contributed by atoms with Crippen molar-refractivity contribution in [1.82, 2.24) is 19.9 Å². The molecular weight excluding hydrogens is 478 g/mol. The summed E-state index contributed by atoms with van der Waals surface area (Å²) in [7, 11) is -1.48. The Labute approximate surface area is 214 Å². The van der Waals surface area contributed by atoms with E-state index in [1.165, 1.54) is 6.26 Å². The van der Waals surface area contributed by atoms with Crippen molar-refractivity contribution in [2.75, 3.05) is 19.9 Å². The normalized spacial score (nSPS) is 18.5. The lowest BCUT2D eigenvalue weighted by molar-refractivity contribution is 0.0938. The maximum atomic E-state index is 13.1. The molecule has 3 rings (SSSR count). The summed E-state index contributed by atoms with van der Waals surface area (Å²) in [5.74, 6) is 1.25. The third kappa shape index (κ3) is 6.44. The monoisotopic (exact) mass is 515 g/mol. The molecule has 0 unspecified atom stereocenters. The van der Waals surface area contributed by atoms with E-state index in [2.05, 4.69) is 42.1 Å². The first-order chi connectivity index (χ1) is 16.9. The summed E-state index contributed by atoms with van der Waals surface area (Å²) in [5, 5.41) is 12.6. The molecule has 36 heavy (non-hydrogen) atoms. The zero-order valence-electron chi connectivity index (χ0n) is 22.1. The summed E-state index contributed by atoms with van der Waals surface area (Å²) in [6.45, 7) is 8.76. The Hall–Kier alpha value is -2.93. The zero-order valence-corrected chi connectivity index (χ0v) is 22.9. The number of aryl methyl sites for hydroxylation is 1. The number of imidazole rings is 1. The van der Waals surface area contributed by atoms with Gasteiger partial charge in [0.05, 0.1) is 12.4 Å². The van der Waals surface area contributed by atoms with E-state index in [1.807, 2.05) is 13.0 Å².